The van der Waals surface area contributed by atoms with Crippen LogP contribution in [0.3, 0.4) is 0 Å². The molecule has 0 spiro atoms. The quantitative estimate of drug-likeness (QED) is 0.854. The van der Waals surface area contributed by atoms with E-state index < -0.39 is 11.1 Å². The van der Waals surface area contributed by atoms with Crippen molar-refractivity contribution in [3.63, 3.8) is 0 Å². The molecule has 17 heavy (non-hydrogen) atoms. The molecule has 0 aliphatic carbocycles. The average molecular weight is 237 g/mol. The fraction of sp³-hybridized carbons (Fsp3) is 0.600. The summed E-state index contributed by atoms with van der Waals surface area (Å²) in [5.74, 6) is 0. The number of hydrogen-bond acceptors (Lipinski definition) is 1. The number of halogens is 1. The van der Waals surface area contributed by atoms with Crippen molar-refractivity contribution in [1.82, 2.24) is 0 Å². The van der Waals surface area contributed by atoms with Gasteiger partial charge in [-0.25, -0.2) is 4.39 Å². The Bertz CT molecular complexity index is 392. The topological polar surface area (TPSA) is 26.0 Å². The maximum Gasteiger partial charge on any atom is 0.132 e. The molecule has 2 heteroatoms. The third kappa shape index (κ3) is 3.06. The lowest BCUT2D eigenvalue weighted by molar-refractivity contribution is 0.0381. The van der Waals surface area contributed by atoms with Crippen LogP contribution in [0, 0.1) is 19.3 Å². The highest BCUT2D eigenvalue weighted by Gasteiger charge is 2.41. The van der Waals surface area contributed by atoms with Gasteiger partial charge < -0.3 is 5.73 Å². The van der Waals surface area contributed by atoms with Crippen LogP contribution in [-0.2, 0) is 6.42 Å². The van der Waals surface area contributed by atoms with Gasteiger partial charge in [0, 0.05) is 13.0 Å². The van der Waals surface area contributed by atoms with Crippen LogP contribution in [0.25, 0.3) is 0 Å². The molecule has 0 fully saturated rings. The molecule has 0 aliphatic rings. The third-order valence-corrected chi connectivity index (χ3v) is 3.64. The SMILES string of the molecule is Cc1ccc(C)c(CC(F)(CN)C(C)(C)C)c1. The number of nitrogens with two attached hydrogens (primary N) is 1. The van der Waals surface area contributed by atoms with Crippen molar-refractivity contribution in [3.8, 4) is 0 Å². The van der Waals surface area contributed by atoms with E-state index in [0.29, 0.717) is 6.42 Å². The van der Waals surface area contributed by atoms with Crippen molar-refractivity contribution in [1.29, 1.82) is 0 Å². The third-order valence-electron chi connectivity index (χ3n) is 3.64. The summed E-state index contributed by atoms with van der Waals surface area (Å²) in [6.45, 7) is 9.83. The number of aryl methyl sites for hydroxylation is 2. The van der Waals surface area contributed by atoms with Gasteiger partial charge in [-0.2, -0.15) is 0 Å². The summed E-state index contributed by atoms with van der Waals surface area (Å²) in [6.07, 6.45) is 0.389. The summed E-state index contributed by atoms with van der Waals surface area (Å²) < 4.78 is 14.9. The molecule has 0 aliphatic heterocycles. The van der Waals surface area contributed by atoms with Crippen molar-refractivity contribution in [2.75, 3.05) is 6.54 Å². The van der Waals surface area contributed by atoms with Crippen molar-refractivity contribution in [2.45, 2.75) is 46.7 Å². The summed E-state index contributed by atoms with van der Waals surface area (Å²) in [5, 5.41) is 0. The number of benzene rings is 1. The Kier molecular flexibility index (Phi) is 3.98. The van der Waals surface area contributed by atoms with E-state index in [9.17, 15) is 4.39 Å². The molecule has 0 radical (unpaired) electrons. The fourth-order valence-corrected chi connectivity index (χ4v) is 1.94. The first-order chi connectivity index (χ1) is 7.69. The molecule has 0 saturated carbocycles. The second-order valence-corrected chi connectivity index (χ2v) is 6.03. The van der Waals surface area contributed by atoms with E-state index in [2.05, 4.69) is 12.1 Å². The smallest absolute Gasteiger partial charge is 0.132 e. The van der Waals surface area contributed by atoms with Gasteiger partial charge in [0.25, 0.3) is 0 Å². The van der Waals surface area contributed by atoms with E-state index in [1.807, 2.05) is 40.7 Å². The second kappa shape index (κ2) is 4.77. The number of rotatable bonds is 3. The molecule has 1 atom stereocenters. The standard InChI is InChI=1S/C15H24FN/c1-11-6-7-12(2)13(8-11)9-15(16,10-17)14(3,4)5/h6-8H,9-10,17H2,1-5H3. The lowest BCUT2D eigenvalue weighted by atomic mass is 9.74. The minimum absolute atomic E-state index is 0.0594. The van der Waals surface area contributed by atoms with E-state index in [1.165, 1.54) is 5.56 Å². The Balaban J connectivity index is 3.07. The summed E-state index contributed by atoms with van der Waals surface area (Å²) in [5.41, 5.74) is 7.22. The van der Waals surface area contributed by atoms with Crippen molar-refractivity contribution in [2.24, 2.45) is 11.1 Å². The Labute approximate surface area is 104 Å². The van der Waals surface area contributed by atoms with Gasteiger partial charge in [0.15, 0.2) is 0 Å². The molecule has 1 aromatic rings. The zero-order valence-electron chi connectivity index (χ0n) is 11.6. The summed E-state index contributed by atoms with van der Waals surface area (Å²) >= 11 is 0. The van der Waals surface area contributed by atoms with Gasteiger partial charge in [-0.05, 0) is 30.4 Å². The lowest BCUT2D eigenvalue weighted by Gasteiger charge is -2.37. The van der Waals surface area contributed by atoms with E-state index in [4.69, 9.17) is 5.73 Å². The molecule has 1 aromatic carbocycles. The molecule has 0 amide bonds. The molecular formula is C15H24FN. The molecule has 0 heterocycles. The normalized spacial score (nSPS) is 15.7. The molecule has 1 nitrogen and oxygen atoms in total. The molecule has 0 aromatic heterocycles. The predicted molar refractivity (Wildman–Crippen MR) is 72.0 cm³/mol. The van der Waals surface area contributed by atoms with E-state index in [1.54, 1.807) is 0 Å². The van der Waals surface area contributed by atoms with Crippen LogP contribution < -0.4 is 5.73 Å². The Morgan fingerprint density at radius 2 is 1.76 bits per heavy atom. The molecule has 1 rings (SSSR count). The molecule has 2 N–H and O–H groups in total. The Hall–Kier alpha value is -0.890. The highest BCUT2D eigenvalue weighted by Crippen LogP contribution is 2.36. The lowest BCUT2D eigenvalue weighted by Crippen LogP contribution is -2.47. The molecule has 0 saturated heterocycles. The van der Waals surface area contributed by atoms with Crippen molar-refractivity contribution >= 4 is 0 Å². The Morgan fingerprint density at radius 3 is 2.24 bits per heavy atom. The van der Waals surface area contributed by atoms with Crippen LogP contribution in [0.15, 0.2) is 18.2 Å². The molecule has 96 valence electrons. The van der Waals surface area contributed by atoms with Crippen LogP contribution >= 0.6 is 0 Å². The van der Waals surface area contributed by atoms with Crippen LogP contribution in [0.1, 0.15) is 37.5 Å². The van der Waals surface area contributed by atoms with Gasteiger partial charge in [-0.3, -0.25) is 0 Å². The predicted octanol–water partition coefficient (Wildman–Crippen LogP) is 3.56. The molecule has 1 unspecified atom stereocenters. The maximum absolute atomic E-state index is 14.9. The zero-order chi connectivity index (χ0) is 13.3. The monoisotopic (exact) mass is 237 g/mol. The van der Waals surface area contributed by atoms with Crippen molar-refractivity contribution < 1.29 is 4.39 Å². The minimum Gasteiger partial charge on any atom is -0.327 e. The van der Waals surface area contributed by atoms with Gasteiger partial charge in [0.05, 0.1) is 0 Å². The summed E-state index contributed by atoms with van der Waals surface area (Å²) in [6, 6.07) is 6.16. The van der Waals surface area contributed by atoms with Gasteiger partial charge in [-0.15, -0.1) is 0 Å². The van der Waals surface area contributed by atoms with Gasteiger partial charge in [0.2, 0.25) is 0 Å². The molecule has 0 bridgehead atoms. The van der Waals surface area contributed by atoms with Crippen LogP contribution in [0.5, 0.6) is 0 Å². The highest BCUT2D eigenvalue weighted by molar-refractivity contribution is 5.32. The summed E-state index contributed by atoms with van der Waals surface area (Å²) in [7, 11) is 0. The maximum atomic E-state index is 14.9. The van der Waals surface area contributed by atoms with Gasteiger partial charge >= 0.3 is 0 Å². The molecular weight excluding hydrogens is 213 g/mol. The van der Waals surface area contributed by atoms with Gasteiger partial charge in [0.1, 0.15) is 5.67 Å². The van der Waals surface area contributed by atoms with Crippen LogP contribution in [0.2, 0.25) is 0 Å². The summed E-state index contributed by atoms with van der Waals surface area (Å²) in [4.78, 5) is 0. The van der Waals surface area contributed by atoms with E-state index in [-0.39, 0.29) is 6.54 Å². The van der Waals surface area contributed by atoms with Gasteiger partial charge in [-0.1, -0.05) is 44.5 Å². The Morgan fingerprint density at radius 1 is 1.18 bits per heavy atom. The number of hydrogen-bond donors (Lipinski definition) is 1. The minimum atomic E-state index is -1.36. The van der Waals surface area contributed by atoms with E-state index >= 15 is 0 Å². The first-order valence-corrected chi connectivity index (χ1v) is 6.15. The number of alkyl halides is 1. The first-order valence-electron chi connectivity index (χ1n) is 6.15. The first kappa shape index (κ1) is 14.2. The van der Waals surface area contributed by atoms with Crippen molar-refractivity contribution in [3.05, 3.63) is 34.9 Å². The largest absolute Gasteiger partial charge is 0.327 e. The van der Waals surface area contributed by atoms with Crippen LogP contribution in [-0.4, -0.2) is 12.2 Å². The average Bonchev–Trinajstić information content (AvgIpc) is 2.21. The highest BCUT2D eigenvalue weighted by atomic mass is 19.1. The van der Waals surface area contributed by atoms with Crippen LogP contribution in [0.4, 0.5) is 4.39 Å². The second-order valence-electron chi connectivity index (χ2n) is 6.03. The van der Waals surface area contributed by atoms with E-state index in [0.717, 1.165) is 11.1 Å². The zero-order valence-corrected chi connectivity index (χ0v) is 11.6. The fourth-order valence-electron chi connectivity index (χ4n) is 1.94.